The van der Waals surface area contributed by atoms with E-state index >= 15 is 0 Å². The molecule has 1 aromatic heterocycles. The lowest BCUT2D eigenvalue weighted by molar-refractivity contribution is -0.274. The van der Waals surface area contributed by atoms with Crippen molar-refractivity contribution in [3.8, 4) is 5.75 Å². The summed E-state index contributed by atoms with van der Waals surface area (Å²) in [6.45, 7) is 2.16. The Morgan fingerprint density at radius 3 is 2.57 bits per heavy atom. The molecule has 8 heteroatoms. The molecule has 0 amide bonds. The van der Waals surface area contributed by atoms with E-state index in [1.54, 1.807) is 6.92 Å². The van der Waals surface area contributed by atoms with E-state index in [2.05, 4.69) is 15.0 Å². The highest BCUT2D eigenvalue weighted by Gasteiger charge is 2.32. The number of nitrogens with zero attached hydrogens (tertiary/aromatic N) is 1. The minimum atomic E-state index is -4.92. The SMILES string of the molecule is CCNc1cc(C(F)F)nc2c(OC(F)(F)F)cccc12. The summed E-state index contributed by atoms with van der Waals surface area (Å²) in [4.78, 5) is 3.59. The number of aromatic nitrogens is 1. The summed E-state index contributed by atoms with van der Waals surface area (Å²) in [6.07, 6.45) is -7.82. The Morgan fingerprint density at radius 1 is 1.29 bits per heavy atom. The van der Waals surface area contributed by atoms with E-state index < -0.39 is 24.2 Å². The molecule has 0 aliphatic rings. The highest BCUT2D eigenvalue weighted by Crippen LogP contribution is 2.35. The molecule has 0 bridgehead atoms. The van der Waals surface area contributed by atoms with Crippen LogP contribution in [0, 0.1) is 0 Å². The van der Waals surface area contributed by atoms with Gasteiger partial charge in [0.15, 0.2) is 5.75 Å². The number of ether oxygens (including phenoxy) is 1. The molecule has 0 saturated carbocycles. The molecule has 114 valence electrons. The number of rotatable bonds is 4. The molecule has 1 N–H and O–H groups in total. The second kappa shape index (κ2) is 5.71. The molecule has 0 aliphatic heterocycles. The van der Waals surface area contributed by atoms with Gasteiger partial charge in [-0.25, -0.2) is 13.8 Å². The van der Waals surface area contributed by atoms with Crippen LogP contribution in [-0.2, 0) is 0 Å². The average molecular weight is 306 g/mol. The van der Waals surface area contributed by atoms with Crippen molar-refractivity contribution in [3.05, 3.63) is 30.0 Å². The normalized spacial score (nSPS) is 12.0. The zero-order chi connectivity index (χ0) is 15.6. The molecule has 2 aromatic rings. The molecular weight excluding hydrogens is 295 g/mol. The minimum Gasteiger partial charge on any atom is -0.403 e. The summed E-state index contributed by atoms with van der Waals surface area (Å²) in [5, 5.41) is 3.11. The number of alkyl halides is 5. The minimum absolute atomic E-state index is 0.261. The molecule has 0 saturated heterocycles. The molecule has 2 rings (SSSR count). The first-order valence-corrected chi connectivity index (χ1v) is 6.03. The van der Waals surface area contributed by atoms with Gasteiger partial charge in [0.2, 0.25) is 0 Å². The van der Waals surface area contributed by atoms with Crippen molar-refractivity contribution in [2.24, 2.45) is 0 Å². The van der Waals surface area contributed by atoms with E-state index in [0.717, 1.165) is 12.1 Å². The van der Waals surface area contributed by atoms with Crippen LogP contribution in [-0.4, -0.2) is 17.9 Å². The van der Waals surface area contributed by atoms with E-state index in [1.807, 2.05) is 0 Å². The van der Waals surface area contributed by atoms with E-state index in [1.165, 1.54) is 12.1 Å². The number of pyridine rings is 1. The maximum Gasteiger partial charge on any atom is 0.573 e. The number of anilines is 1. The molecule has 0 unspecified atom stereocenters. The Kier molecular flexibility index (Phi) is 4.15. The maximum absolute atomic E-state index is 12.8. The van der Waals surface area contributed by atoms with Crippen LogP contribution in [0.15, 0.2) is 24.3 Å². The van der Waals surface area contributed by atoms with Crippen LogP contribution in [0.25, 0.3) is 10.9 Å². The van der Waals surface area contributed by atoms with Crippen LogP contribution >= 0.6 is 0 Å². The van der Waals surface area contributed by atoms with Gasteiger partial charge in [-0.15, -0.1) is 13.2 Å². The van der Waals surface area contributed by atoms with Crippen LogP contribution in [0.3, 0.4) is 0 Å². The predicted octanol–water partition coefficient (Wildman–Crippen LogP) is 4.50. The monoisotopic (exact) mass is 306 g/mol. The molecule has 1 heterocycles. The van der Waals surface area contributed by atoms with Gasteiger partial charge < -0.3 is 10.1 Å². The lowest BCUT2D eigenvalue weighted by Crippen LogP contribution is -2.17. The van der Waals surface area contributed by atoms with Crippen molar-refractivity contribution in [1.82, 2.24) is 4.98 Å². The van der Waals surface area contributed by atoms with E-state index in [0.29, 0.717) is 6.54 Å². The molecule has 0 fully saturated rings. The van der Waals surface area contributed by atoms with Crippen molar-refractivity contribution in [1.29, 1.82) is 0 Å². The molecule has 21 heavy (non-hydrogen) atoms. The second-order valence-electron chi connectivity index (χ2n) is 4.13. The van der Waals surface area contributed by atoms with Crippen molar-refractivity contribution >= 4 is 16.6 Å². The Balaban J connectivity index is 2.66. The Morgan fingerprint density at radius 2 is 2.00 bits per heavy atom. The number of halogens is 5. The smallest absolute Gasteiger partial charge is 0.403 e. The van der Waals surface area contributed by atoms with Gasteiger partial charge in [-0.1, -0.05) is 12.1 Å². The summed E-state index contributed by atoms with van der Waals surface area (Å²) in [6, 6.07) is 4.98. The topological polar surface area (TPSA) is 34.2 Å². The number of hydrogen-bond donors (Lipinski definition) is 1. The number of benzene rings is 1. The molecule has 3 nitrogen and oxygen atoms in total. The molecule has 0 aliphatic carbocycles. The van der Waals surface area contributed by atoms with Crippen molar-refractivity contribution in [2.45, 2.75) is 19.7 Å². The summed E-state index contributed by atoms with van der Waals surface area (Å²) >= 11 is 0. The van der Waals surface area contributed by atoms with Gasteiger partial charge >= 0.3 is 6.36 Å². The van der Waals surface area contributed by atoms with Gasteiger partial charge in [0.25, 0.3) is 6.43 Å². The summed E-state index contributed by atoms with van der Waals surface area (Å²) in [5.74, 6) is -0.610. The number of fused-ring (bicyclic) bond motifs is 1. The fourth-order valence-electron chi connectivity index (χ4n) is 1.90. The quantitative estimate of drug-likeness (QED) is 0.844. The fourth-order valence-corrected chi connectivity index (χ4v) is 1.90. The van der Waals surface area contributed by atoms with Crippen LogP contribution in [0.4, 0.5) is 27.6 Å². The third-order valence-corrected chi connectivity index (χ3v) is 2.64. The van der Waals surface area contributed by atoms with Gasteiger partial charge in [-0.05, 0) is 19.1 Å². The highest BCUT2D eigenvalue weighted by molar-refractivity contribution is 5.95. The Hall–Kier alpha value is -2.12. The average Bonchev–Trinajstić information content (AvgIpc) is 2.37. The Bertz CT molecular complexity index is 642. The molecule has 0 radical (unpaired) electrons. The van der Waals surface area contributed by atoms with Gasteiger partial charge in [0.1, 0.15) is 11.2 Å². The summed E-state index contributed by atoms with van der Waals surface area (Å²) in [7, 11) is 0. The van der Waals surface area contributed by atoms with Gasteiger partial charge in [0.05, 0.1) is 0 Å². The zero-order valence-corrected chi connectivity index (χ0v) is 10.8. The maximum atomic E-state index is 12.8. The fraction of sp³-hybridized carbons (Fsp3) is 0.308. The van der Waals surface area contributed by atoms with Crippen molar-refractivity contribution < 1.29 is 26.7 Å². The van der Waals surface area contributed by atoms with Crippen LogP contribution in [0.2, 0.25) is 0 Å². The lowest BCUT2D eigenvalue weighted by atomic mass is 10.1. The molecule has 0 atom stereocenters. The van der Waals surface area contributed by atoms with Crippen molar-refractivity contribution in [3.63, 3.8) is 0 Å². The third kappa shape index (κ3) is 3.50. The molecule has 1 aromatic carbocycles. The van der Waals surface area contributed by atoms with E-state index in [-0.39, 0.29) is 16.6 Å². The largest absolute Gasteiger partial charge is 0.573 e. The van der Waals surface area contributed by atoms with Crippen molar-refractivity contribution in [2.75, 3.05) is 11.9 Å². The standard InChI is InChI=1S/C13H11F5N2O/c1-2-19-8-6-9(12(14)15)20-11-7(8)4-3-5-10(11)21-13(16,17)18/h3-6,12H,2H2,1H3,(H,19,20). The van der Waals surface area contributed by atoms with Crippen LogP contribution in [0.1, 0.15) is 19.0 Å². The first kappa shape index (κ1) is 15.3. The van der Waals surface area contributed by atoms with E-state index in [9.17, 15) is 22.0 Å². The zero-order valence-electron chi connectivity index (χ0n) is 10.8. The van der Waals surface area contributed by atoms with Gasteiger partial charge in [-0.3, -0.25) is 0 Å². The summed E-state index contributed by atoms with van der Waals surface area (Å²) in [5.41, 5.74) is -0.592. The van der Waals surface area contributed by atoms with Crippen LogP contribution < -0.4 is 10.1 Å². The highest BCUT2D eigenvalue weighted by atomic mass is 19.4. The predicted molar refractivity (Wildman–Crippen MR) is 67.5 cm³/mol. The van der Waals surface area contributed by atoms with E-state index in [4.69, 9.17) is 0 Å². The lowest BCUT2D eigenvalue weighted by Gasteiger charge is -2.14. The number of nitrogens with one attached hydrogen (secondary N) is 1. The molecular formula is C13H11F5N2O. The first-order chi connectivity index (χ1) is 9.81. The second-order valence-corrected chi connectivity index (χ2v) is 4.13. The van der Waals surface area contributed by atoms with Gasteiger partial charge in [-0.2, -0.15) is 0 Å². The molecule has 0 spiro atoms. The summed E-state index contributed by atoms with van der Waals surface area (Å²) < 4.78 is 66.6. The Labute approximate surface area is 116 Å². The van der Waals surface area contributed by atoms with Gasteiger partial charge in [0, 0.05) is 17.6 Å². The number of hydrogen-bond acceptors (Lipinski definition) is 3. The first-order valence-electron chi connectivity index (χ1n) is 6.03. The third-order valence-electron chi connectivity index (χ3n) is 2.64. The number of para-hydroxylation sites is 1. The van der Waals surface area contributed by atoms with Crippen LogP contribution in [0.5, 0.6) is 5.75 Å².